The fourth-order valence-electron chi connectivity index (χ4n) is 1.90. The molecule has 15 heavy (non-hydrogen) atoms. The highest BCUT2D eigenvalue weighted by atomic mass is 15.2. The van der Waals surface area contributed by atoms with Crippen LogP contribution in [0.4, 0.5) is 0 Å². The van der Waals surface area contributed by atoms with Gasteiger partial charge in [0.05, 0.1) is 5.54 Å². The van der Waals surface area contributed by atoms with E-state index in [0.717, 1.165) is 6.54 Å². The minimum Gasteiger partial charge on any atom is -0.307 e. The average Bonchev–Trinajstić information content (AvgIpc) is 2.17. The van der Waals surface area contributed by atoms with E-state index in [1.807, 2.05) is 0 Å². The Morgan fingerprint density at radius 3 is 1.93 bits per heavy atom. The minimum absolute atomic E-state index is 0.0742. The summed E-state index contributed by atoms with van der Waals surface area (Å²) in [7, 11) is 8.50. The molecule has 0 radical (unpaired) electrons. The van der Waals surface area contributed by atoms with Gasteiger partial charge in [0.15, 0.2) is 0 Å². The van der Waals surface area contributed by atoms with Crippen LogP contribution in [0.15, 0.2) is 30.3 Å². The zero-order valence-corrected chi connectivity index (χ0v) is 10.5. The molecule has 2 heteroatoms. The maximum atomic E-state index is 2.28. The fourth-order valence-corrected chi connectivity index (χ4v) is 1.90. The Labute approximate surface area is 93.5 Å². The fraction of sp³-hybridized carbons (Fsp3) is 0.538. The second kappa shape index (κ2) is 4.77. The van der Waals surface area contributed by atoms with Crippen molar-refractivity contribution in [2.75, 3.05) is 34.7 Å². The lowest BCUT2D eigenvalue weighted by atomic mass is 9.90. The Bertz CT molecular complexity index is 293. The van der Waals surface area contributed by atoms with Crippen LogP contribution in [-0.4, -0.2) is 44.5 Å². The topological polar surface area (TPSA) is 6.48 Å². The molecule has 0 aliphatic heterocycles. The van der Waals surface area contributed by atoms with Crippen molar-refractivity contribution in [2.24, 2.45) is 0 Å². The van der Waals surface area contributed by atoms with Crippen molar-refractivity contribution < 1.29 is 0 Å². The summed E-state index contributed by atoms with van der Waals surface area (Å²) in [5, 5.41) is 0. The first-order chi connectivity index (χ1) is 6.97. The second-order valence-corrected chi connectivity index (χ2v) is 4.77. The van der Waals surface area contributed by atoms with Gasteiger partial charge in [0, 0.05) is 6.54 Å². The Morgan fingerprint density at radius 1 is 1.00 bits per heavy atom. The molecule has 0 saturated heterocycles. The van der Waals surface area contributed by atoms with Gasteiger partial charge < -0.3 is 4.90 Å². The third-order valence-electron chi connectivity index (χ3n) is 3.01. The highest BCUT2D eigenvalue weighted by molar-refractivity contribution is 5.24. The average molecular weight is 206 g/mol. The first kappa shape index (κ1) is 12.2. The van der Waals surface area contributed by atoms with Gasteiger partial charge in [-0.15, -0.1) is 0 Å². The van der Waals surface area contributed by atoms with Crippen LogP contribution in [-0.2, 0) is 5.54 Å². The van der Waals surface area contributed by atoms with Crippen molar-refractivity contribution >= 4 is 0 Å². The summed E-state index contributed by atoms with van der Waals surface area (Å²) in [5.41, 5.74) is 1.44. The van der Waals surface area contributed by atoms with Crippen LogP contribution >= 0.6 is 0 Å². The normalized spacial score (nSPS) is 15.7. The largest absolute Gasteiger partial charge is 0.307 e. The molecule has 0 fully saturated rings. The SMILES string of the molecule is CN(C)CC(C)(c1ccccc1)N(C)C. The molecule has 0 amide bonds. The van der Waals surface area contributed by atoms with Crippen LogP contribution in [0.3, 0.4) is 0 Å². The lowest BCUT2D eigenvalue weighted by Crippen LogP contribution is -2.46. The van der Waals surface area contributed by atoms with Crippen LogP contribution in [0.1, 0.15) is 12.5 Å². The molecule has 1 atom stereocenters. The second-order valence-electron chi connectivity index (χ2n) is 4.77. The molecule has 0 aromatic heterocycles. The van der Waals surface area contributed by atoms with E-state index in [0.29, 0.717) is 0 Å². The summed E-state index contributed by atoms with van der Waals surface area (Å²) in [5.74, 6) is 0. The molecule has 0 aliphatic carbocycles. The van der Waals surface area contributed by atoms with Crippen molar-refractivity contribution in [3.63, 3.8) is 0 Å². The number of likely N-dealkylation sites (N-methyl/N-ethyl adjacent to an activating group) is 2. The highest BCUT2D eigenvalue weighted by Gasteiger charge is 2.29. The summed E-state index contributed by atoms with van der Waals surface area (Å²) in [4.78, 5) is 4.51. The number of rotatable bonds is 4. The van der Waals surface area contributed by atoms with Gasteiger partial charge in [0.1, 0.15) is 0 Å². The van der Waals surface area contributed by atoms with Crippen molar-refractivity contribution in [3.05, 3.63) is 35.9 Å². The molecule has 2 nitrogen and oxygen atoms in total. The van der Waals surface area contributed by atoms with E-state index >= 15 is 0 Å². The standard InChI is InChI=1S/C13H22N2/c1-13(15(4)5,11-14(2)3)12-9-7-6-8-10-12/h6-10H,11H2,1-5H3. The predicted molar refractivity (Wildman–Crippen MR) is 66.0 cm³/mol. The van der Waals surface area contributed by atoms with E-state index in [-0.39, 0.29) is 5.54 Å². The van der Waals surface area contributed by atoms with E-state index in [1.54, 1.807) is 0 Å². The summed E-state index contributed by atoms with van der Waals surface area (Å²) >= 11 is 0. The maximum absolute atomic E-state index is 2.28. The van der Waals surface area contributed by atoms with Crippen molar-refractivity contribution in [2.45, 2.75) is 12.5 Å². The zero-order valence-electron chi connectivity index (χ0n) is 10.5. The van der Waals surface area contributed by atoms with Gasteiger partial charge >= 0.3 is 0 Å². The number of nitrogens with zero attached hydrogens (tertiary/aromatic N) is 2. The summed E-state index contributed by atoms with van der Waals surface area (Å²) in [6.45, 7) is 3.30. The van der Waals surface area contributed by atoms with Gasteiger partial charge in [-0.1, -0.05) is 30.3 Å². The molecule has 84 valence electrons. The number of hydrogen-bond acceptors (Lipinski definition) is 2. The molecule has 0 N–H and O–H groups in total. The lowest BCUT2D eigenvalue weighted by molar-refractivity contribution is 0.128. The molecule has 0 bridgehead atoms. The van der Waals surface area contributed by atoms with E-state index < -0.39 is 0 Å². The smallest absolute Gasteiger partial charge is 0.0554 e. The van der Waals surface area contributed by atoms with Crippen molar-refractivity contribution in [1.82, 2.24) is 9.80 Å². The van der Waals surface area contributed by atoms with E-state index in [1.165, 1.54) is 5.56 Å². The molecule has 1 rings (SSSR count). The molecular formula is C13H22N2. The first-order valence-electron chi connectivity index (χ1n) is 5.34. The van der Waals surface area contributed by atoms with Gasteiger partial charge in [0.25, 0.3) is 0 Å². The zero-order chi connectivity index (χ0) is 11.5. The summed E-state index contributed by atoms with van der Waals surface area (Å²) in [6, 6.07) is 10.7. The Balaban J connectivity index is 3.02. The molecule has 1 unspecified atom stereocenters. The van der Waals surface area contributed by atoms with E-state index in [2.05, 4.69) is 75.2 Å². The predicted octanol–water partition coefficient (Wildman–Crippen LogP) is 2.02. The Hall–Kier alpha value is -0.860. The molecule has 0 spiro atoms. The molecule has 0 aliphatic rings. The monoisotopic (exact) mass is 206 g/mol. The van der Waals surface area contributed by atoms with E-state index in [4.69, 9.17) is 0 Å². The van der Waals surface area contributed by atoms with Crippen LogP contribution in [0.2, 0.25) is 0 Å². The van der Waals surface area contributed by atoms with Gasteiger partial charge in [-0.3, -0.25) is 4.90 Å². The van der Waals surface area contributed by atoms with Crippen LogP contribution in [0.25, 0.3) is 0 Å². The molecule has 0 saturated carbocycles. The van der Waals surface area contributed by atoms with E-state index in [9.17, 15) is 0 Å². The number of benzene rings is 1. The van der Waals surface area contributed by atoms with Crippen molar-refractivity contribution in [1.29, 1.82) is 0 Å². The summed E-state index contributed by atoms with van der Waals surface area (Å²) < 4.78 is 0. The minimum atomic E-state index is 0.0742. The molecule has 0 heterocycles. The maximum Gasteiger partial charge on any atom is 0.0554 e. The quantitative estimate of drug-likeness (QED) is 0.743. The van der Waals surface area contributed by atoms with Crippen LogP contribution in [0.5, 0.6) is 0 Å². The van der Waals surface area contributed by atoms with Gasteiger partial charge in [-0.25, -0.2) is 0 Å². The molecule has 1 aromatic carbocycles. The van der Waals surface area contributed by atoms with Crippen molar-refractivity contribution in [3.8, 4) is 0 Å². The first-order valence-corrected chi connectivity index (χ1v) is 5.34. The molecule has 1 aromatic rings. The Morgan fingerprint density at radius 2 is 1.53 bits per heavy atom. The van der Waals surface area contributed by atoms with Gasteiger partial charge in [-0.05, 0) is 40.7 Å². The summed E-state index contributed by atoms with van der Waals surface area (Å²) in [6.07, 6.45) is 0. The third-order valence-corrected chi connectivity index (χ3v) is 3.01. The van der Waals surface area contributed by atoms with Crippen LogP contribution in [0, 0.1) is 0 Å². The van der Waals surface area contributed by atoms with Crippen LogP contribution < -0.4 is 0 Å². The lowest BCUT2D eigenvalue weighted by Gasteiger charge is -2.39. The number of hydrogen-bond donors (Lipinski definition) is 0. The molecular weight excluding hydrogens is 184 g/mol. The Kier molecular flexibility index (Phi) is 3.89. The highest BCUT2D eigenvalue weighted by Crippen LogP contribution is 2.26. The third kappa shape index (κ3) is 2.80. The van der Waals surface area contributed by atoms with Gasteiger partial charge in [0.2, 0.25) is 0 Å². The van der Waals surface area contributed by atoms with Gasteiger partial charge in [-0.2, -0.15) is 0 Å².